The third-order valence-electron chi connectivity index (χ3n) is 4.23. The first-order valence-electron chi connectivity index (χ1n) is 8.45. The van der Waals surface area contributed by atoms with E-state index >= 15 is 0 Å². The number of carbonyl (C=O) groups excluding carboxylic acids is 3. The molecule has 1 unspecified atom stereocenters. The molecule has 1 aliphatic rings. The fourth-order valence-electron chi connectivity index (χ4n) is 3.00. The molecule has 7 heteroatoms. The lowest BCUT2D eigenvalue weighted by molar-refractivity contribution is -0.122. The van der Waals surface area contributed by atoms with Gasteiger partial charge in [0.15, 0.2) is 0 Å². The summed E-state index contributed by atoms with van der Waals surface area (Å²) in [4.78, 5) is 37.7. The topological polar surface area (TPSA) is 102 Å². The predicted octanol–water partition coefficient (Wildman–Crippen LogP) is 2.51. The molecule has 0 saturated carbocycles. The Hall–Kier alpha value is -3.66. The van der Waals surface area contributed by atoms with Gasteiger partial charge in [0.1, 0.15) is 0 Å². The van der Waals surface area contributed by atoms with Crippen LogP contribution in [0.15, 0.2) is 48.5 Å². The maximum atomic E-state index is 12.5. The van der Waals surface area contributed by atoms with Gasteiger partial charge in [0.25, 0.3) is 0 Å². The predicted molar refractivity (Wildman–Crippen MR) is 101 cm³/mol. The van der Waals surface area contributed by atoms with Gasteiger partial charge >= 0.3 is 0 Å². The molecule has 1 atom stereocenters. The number of anilines is 3. The van der Waals surface area contributed by atoms with Crippen LogP contribution in [0.2, 0.25) is 0 Å². The number of nitrogens with one attached hydrogen (secondary N) is 2. The smallest absolute Gasteiger partial charge is 0.229 e. The van der Waals surface area contributed by atoms with Crippen molar-refractivity contribution in [3.63, 3.8) is 0 Å². The Morgan fingerprint density at radius 2 is 1.81 bits per heavy atom. The average Bonchev–Trinajstić information content (AvgIpc) is 3.03. The molecule has 0 aliphatic carbocycles. The monoisotopic (exact) mass is 362 g/mol. The van der Waals surface area contributed by atoms with Gasteiger partial charge in [0.2, 0.25) is 17.7 Å². The van der Waals surface area contributed by atoms with Crippen LogP contribution in [0, 0.1) is 17.2 Å². The Bertz CT molecular complexity index is 948. The van der Waals surface area contributed by atoms with Crippen molar-refractivity contribution < 1.29 is 14.4 Å². The van der Waals surface area contributed by atoms with Gasteiger partial charge in [-0.15, -0.1) is 0 Å². The molecular formula is C20H18N4O3. The maximum Gasteiger partial charge on any atom is 0.229 e. The number of nitrogens with zero attached hydrogens (tertiary/aromatic N) is 2. The van der Waals surface area contributed by atoms with Crippen molar-refractivity contribution in [2.75, 3.05) is 22.1 Å². The van der Waals surface area contributed by atoms with Crippen molar-refractivity contribution in [3.05, 3.63) is 54.1 Å². The minimum absolute atomic E-state index is 0.105. The lowest BCUT2D eigenvalue weighted by Gasteiger charge is -2.18. The lowest BCUT2D eigenvalue weighted by atomic mass is 10.1. The van der Waals surface area contributed by atoms with Crippen LogP contribution in [0.25, 0.3) is 0 Å². The summed E-state index contributed by atoms with van der Waals surface area (Å²) in [5.74, 6) is -1.11. The molecule has 7 nitrogen and oxygen atoms in total. The van der Waals surface area contributed by atoms with Gasteiger partial charge in [-0.05, 0) is 36.4 Å². The summed E-state index contributed by atoms with van der Waals surface area (Å²) in [6, 6.07) is 15.6. The first-order chi connectivity index (χ1) is 13.0. The molecule has 1 aliphatic heterocycles. The van der Waals surface area contributed by atoms with Crippen LogP contribution in [0.4, 0.5) is 17.1 Å². The van der Waals surface area contributed by atoms with Gasteiger partial charge in [-0.2, -0.15) is 5.26 Å². The zero-order valence-electron chi connectivity index (χ0n) is 14.7. The van der Waals surface area contributed by atoms with E-state index in [4.69, 9.17) is 5.26 Å². The maximum absolute atomic E-state index is 12.5. The van der Waals surface area contributed by atoms with Gasteiger partial charge in [-0.25, -0.2) is 0 Å². The van der Waals surface area contributed by atoms with E-state index < -0.39 is 5.92 Å². The molecule has 1 fully saturated rings. The standard InChI is InChI=1S/C20H18N4O3/c1-13(25)22-17-6-3-7-18(10-17)24-12-15(9-19(24)26)20(27)23-16-5-2-4-14(8-16)11-21/h2-8,10,15H,9,12H2,1H3,(H,22,25)(H,23,27). The lowest BCUT2D eigenvalue weighted by Crippen LogP contribution is -2.28. The summed E-state index contributed by atoms with van der Waals surface area (Å²) in [5, 5.41) is 14.4. The van der Waals surface area contributed by atoms with Crippen molar-refractivity contribution in [2.45, 2.75) is 13.3 Å². The summed E-state index contributed by atoms with van der Waals surface area (Å²) in [6.45, 7) is 1.67. The Morgan fingerprint density at radius 3 is 2.52 bits per heavy atom. The van der Waals surface area contributed by atoms with E-state index in [1.807, 2.05) is 6.07 Å². The van der Waals surface area contributed by atoms with Gasteiger partial charge in [-0.3, -0.25) is 14.4 Å². The van der Waals surface area contributed by atoms with Crippen LogP contribution in [0.1, 0.15) is 18.9 Å². The van der Waals surface area contributed by atoms with Gasteiger partial charge in [0, 0.05) is 37.0 Å². The molecule has 3 rings (SSSR count). The highest BCUT2D eigenvalue weighted by atomic mass is 16.2. The van der Waals surface area contributed by atoms with Crippen LogP contribution in [-0.2, 0) is 14.4 Å². The van der Waals surface area contributed by atoms with E-state index in [0.717, 1.165) is 0 Å². The number of nitriles is 1. The average molecular weight is 362 g/mol. The van der Waals surface area contributed by atoms with E-state index in [-0.39, 0.29) is 30.7 Å². The first kappa shape index (κ1) is 18.1. The SMILES string of the molecule is CC(=O)Nc1cccc(N2CC(C(=O)Nc3cccc(C#N)c3)CC2=O)c1. The summed E-state index contributed by atoms with van der Waals surface area (Å²) in [5.41, 5.74) is 2.20. The Labute approximate surface area is 156 Å². The summed E-state index contributed by atoms with van der Waals surface area (Å²) >= 11 is 0. The van der Waals surface area contributed by atoms with Crippen LogP contribution in [0.3, 0.4) is 0 Å². The highest BCUT2D eigenvalue weighted by Gasteiger charge is 2.35. The van der Waals surface area contributed by atoms with Crippen molar-refractivity contribution in [1.82, 2.24) is 0 Å². The van der Waals surface area contributed by atoms with Crippen molar-refractivity contribution in [2.24, 2.45) is 5.92 Å². The number of benzene rings is 2. The van der Waals surface area contributed by atoms with Crippen LogP contribution < -0.4 is 15.5 Å². The largest absolute Gasteiger partial charge is 0.326 e. The van der Waals surface area contributed by atoms with Crippen molar-refractivity contribution in [1.29, 1.82) is 5.26 Å². The third kappa shape index (κ3) is 4.30. The van der Waals surface area contributed by atoms with E-state index in [0.29, 0.717) is 22.6 Å². The van der Waals surface area contributed by atoms with Gasteiger partial charge in [0.05, 0.1) is 17.6 Å². The molecule has 1 saturated heterocycles. The van der Waals surface area contributed by atoms with Crippen LogP contribution in [-0.4, -0.2) is 24.3 Å². The van der Waals surface area contributed by atoms with E-state index in [2.05, 4.69) is 10.6 Å². The van der Waals surface area contributed by atoms with Gasteiger partial charge < -0.3 is 15.5 Å². The molecule has 3 amide bonds. The number of carbonyl (C=O) groups is 3. The Balaban J connectivity index is 1.70. The van der Waals surface area contributed by atoms with Crippen molar-refractivity contribution in [3.8, 4) is 6.07 Å². The molecule has 0 radical (unpaired) electrons. The molecular weight excluding hydrogens is 344 g/mol. The molecule has 0 bridgehead atoms. The number of hydrogen-bond acceptors (Lipinski definition) is 4. The van der Waals surface area contributed by atoms with Crippen LogP contribution in [0.5, 0.6) is 0 Å². The zero-order chi connectivity index (χ0) is 19.4. The van der Waals surface area contributed by atoms with E-state index in [1.165, 1.54) is 6.92 Å². The Morgan fingerprint density at radius 1 is 1.11 bits per heavy atom. The van der Waals surface area contributed by atoms with Gasteiger partial charge in [-0.1, -0.05) is 12.1 Å². The minimum Gasteiger partial charge on any atom is -0.326 e. The summed E-state index contributed by atoms with van der Waals surface area (Å²) in [6.07, 6.45) is 0.105. The summed E-state index contributed by atoms with van der Waals surface area (Å²) < 4.78 is 0. The van der Waals surface area contributed by atoms with E-state index in [1.54, 1.807) is 53.4 Å². The normalized spacial score (nSPS) is 15.9. The fraction of sp³-hybridized carbons (Fsp3) is 0.200. The van der Waals surface area contributed by atoms with E-state index in [9.17, 15) is 14.4 Å². The highest BCUT2D eigenvalue weighted by Crippen LogP contribution is 2.28. The second-order valence-corrected chi connectivity index (χ2v) is 6.32. The Kier molecular flexibility index (Phi) is 5.18. The molecule has 2 N–H and O–H groups in total. The quantitative estimate of drug-likeness (QED) is 0.872. The zero-order valence-corrected chi connectivity index (χ0v) is 14.7. The first-order valence-corrected chi connectivity index (χ1v) is 8.45. The molecule has 27 heavy (non-hydrogen) atoms. The fourth-order valence-corrected chi connectivity index (χ4v) is 3.00. The summed E-state index contributed by atoms with van der Waals surface area (Å²) in [7, 11) is 0. The second kappa shape index (κ2) is 7.70. The molecule has 0 spiro atoms. The molecule has 0 aromatic heterocycles. The molecule has 2 aromatic rings. The highest BCUT2D eigenvalue weighted by molar-refractivity contribution is 6.04. The number of rotatable bonds is 4. The molecule has 1 heterocycles. The van der Waals surface area contributed by atoms with Crippen LogP contribution >= 0.6 is 0 Å². The minimum atomic E-state index is -0.493. The third-order valence-corrected chi connectivity index (χ3v) is 4.23. The molecule has 2 aromatic carbocycles. The number of hydrogen-bond donors (Lipinski definition) is 2. The number of amides is 3. The second-order valence-electron chi connectivity index (χ2n) is 6.32. The van der Waals surface area contributed by atoms with Crippen molar-refractivity contribution >= 4 is 34.8 Å². The molecule has 136 valence electrons.